The van der Waals surface area contributed by atoms with E-state index in [1.807, 2.05) is 0 Å². The number of aromatic nitrogens is 2. The number of hydrogen-bond donors (Lipinski definition) is 1. The second-order valence-electron chi connectivity index (χ2n) is 8.01. The SMILES string of the molecule is COc1ccc(F)cc1C[C@H]1CCCCCN1c1nc(N2CCO[C@H](F)C2)cc(=O)[nH]1. The summed E-state index contributed by atoms with van der Waals surface area (Å²) < 4.78 is 38.0. The van der Waals surface area contributed by atoms with Crippen LogP contribution in [0.4, 0.5) is 20.5 Å². The van der Waals surface area contributed by atoms with E-state index in [1.54, 1.807) is 18.1 Å². The molecular weight excluding hydrogens is 406 g/mol. The van der Waals surface area contributed by atoms with E-state index in [0.29, 0.717) is 30.5 Å². The summed E-state index contributed by atoms with van der Waals surface area (Å²) in [4.78, 5) is 23.8. The fraction of sp³-hybridized carbons (Fsp3) is 0.545. The highest BCUT2D eigenvalue weighted by Gasteiger charge is 2.27. The van der Waals surface area contributed by atoms with Crippen LogP contribution >= 0.6 is 0 Å². The normalized spacial score (nSPS) is 22.3. The largest absolute Gasteiger partial charge is 0.496 e. The molecule has 2 aromatic rings. The molecule has 0 amide bonds. The standard InChI is InChI=1S/C22H28F2N4O3/c1-30-18-7-6-16(23)11-15(18)12-17-5-3-2-4-8-28(17)22-25-20(13-21(29)26-22)27-9-10-31-19(24)14-27/h6-7,11,13,17,19H,2-5,8-10,12,14H2,1H3,(H,25,26,29)/t17-,19+/m1/s1. The number of nitrogens with zero attached hydrogens (tertiary/aromatic N) is 3. The summed E-state index contributed by atoms with van der Waals surface area (Å²) in [5, 5.41) is 0. The Morgan fingerprint density at radius 1 is 1.26 bits per heavy atom. The highest BCUT2D eigenvalue weighted by Crippen LogP contribution is 2.28. The van der Waals surface area contributed by atoms with E-state index in [1.165, 1.54) is 18.2 Å². The minimum Gasteiger partial charge on any atom is -0.496 e. The van der Waals surface area contributed by atoms with Crippen LogP contribution in [0.15, 0.2) is 29.1 Å². The average molecular weight is 434 g/mol. The fourth-order valence-corrected chi connectivity index (χ4v) is 4.38. The zero-order chi connectivity index (χ0) is 21.8. The minimum absolute atomic E-state index is 0.0233. The van der Waals surface area contributed by atoms with E-state index in [-0.39, 0.29) is 30.6 Å². The third kappa shape index (κ3) is 5.15. The maximum absolute atomic E-state index is 13.9. The van der Waals surface area contributed by atoms with Crippen LogP contribution in [0.2, 0.25) is 0 Å². The maximum Gasteiger partial charge on any atom is 0.254 e. The summed E-state index contributed by atoms with van der Waals surface area (Å²) in [7, 11) is 1.57. The zero-order valence-corrected chi connectivity index (χ0v) is 17.7. The van der Waals surface area contributed by atoms with Crippen LogP contribution in [-0.4, -0.2) is 55.7 Å². The number of rotatable bonds is 5. The molecule has 2 aliphatic rings. The molecule has 2 fully saturated rings. The molecule has 0 radical (unpaired) electrons. The number of H-pyrrole nitrogens is 1. The van der Waals surface area contributed by atoms with E-state index in [4.69, 9.17) is 9.47 Å². The molecule has 1 aromatic carbocycles. The second kappa shape index (κ2) is 9.64. The van der Waals surface area contributed by atoms with Crippen molar-refractivity contribution in [3.05, 3.63) is 46.0 Å². The summed E-state index contributed by atoms with van der Waals surface area (Å²) >= 11 is 0. The predicted molar refractivity (Wildman–Crippen MR) is 114 cm³/mol. The Kier molecular flexibility index (Phi) is 6.70. The topological polar surface area (TPSA) is 70.7 Å². The van der Waals surface area contributed by atoms with Gasteiger partial charge in [-0.25, -0.2) is 8.78 Å². The van der Waals surface area contributed by atoms with Crippen molar-refractivity contribution < 1.29 is 18.3 Å². The summed E-state index contributed by atoms with van der Waals surface area (Å²) in [6.45, 7) is 1.49. The van der Waals surface area contributed by atoms with E-state index in [2.05, 4.69) is 14.9 Å². The van der Waals surface area contributed by atoms with Crippen LogP contribution in [0.3, 0.4) is 0 Å². The molecule has 0 unspecified atom stereocenters. The molecule has 7 nitrogen and oxygen atoms in total. The molecule has 0 bridgehead atoms. The number of aromatic amines is 1. The van der Waals surface area contributed by atoms with Crippen molar-refractivity contribution in [3.63, 3.8) is 0 Å². The highest BCUT2D eigenvalue weighted by atomic mass is 19.1. The summed E-state index contributed by atoms with van der Waals surface area (Å²) in [5.41, 5.74) is 0.500. The van der Waals surface area contributed by atoms with Gasteiger partial charge in [0.25, 0.3) is 5.56 Å². The van der Waals surface area contributed by atoms with Crippen LogP contribution in [-0.2, 0) is 11.2 Å². The first kappa shape index (κ1) is 21.5. The molecule has 31 heavy (non-hydrogen) atoms. The van der Waals surface area contributed by atoms with Crippen molar-refractivity contribution in [2.75, 3.05) is 43.2 Å². The monoisotopic (exact) mass is 434 g/mol. The van der Waals surface area contributed by atoms with Gasteiger partial charge in [-0.15, -0.1) is 0 Å². The van der Waals surface area contributed by atoms with E-state index in [9.17, 15) is 13.6 Å². The van der Waals surface area contributed by atoms with Gasteiger partial charge in [-0.3, -0.25) is 9.78 Å². The van der Waals surface area contributed by atoms with E-state index in [0.717, 1.165) is 37.8 Å². The van der Waals surface area contributed by atoms with Gasteiger partial charge in [-0.1, -0.05) is 12.8 Å². The number of morpholine rings is 1. The number of halogens is 2. The number of alkyl halides is 1. The third-order valence-electron chi connectivity index (χ3n) is 5.91. The third-order valence-corrected chi connectivity index (χ3v) is 5.91. The first-order chi connectivity index (χ1) is 15.0. The number of methoxy groups -OCH3 is 1. The van der Waals surface area contributed by atoms with E-state index < -0.39 is 6.36 Å². The summed E-state index contributed by atoms with van der Waals surface area (Å²) in [6.07, 6.45) is 3.13. The number of hydrogen-bond acceptors (Lipinski definition) is 6. The van der Waals surface area contributed by atoms with Crippen LogP contribution < -0.4 is 20.1 Å². The van der Waals surface area contributed by atoms with Gasteiger partial charge in [0.2, 0.25) is 12.3 Å². The van der Waals surface area contributed by atoms with Crippen LogP contribution in [0.25, 0.3) is 0 Å². The number of ether oxygens (including phenoxy) is 2. The van der Waals surface area contributed by atoms with Gasteiger partial charge in [0, 0.05) is 25.2 Å². The fourth-order valence-electron chi connectivity index (χ4n) is 4.38. The molecule has 0 saturated carbocycles. The van der Waals surface area contributed by atoms with E-state index >= 15 is 0 Å². The first-order valence-corrected chi connectivity index (χ1v) is 10.7. The van der Waals surface area contributed by atoms with Crippen molar-refractivity contribution in [1.82, 2.24) is 9.97 Å². The predicted octanol–water partition coefficient (Wildman–Crippen LogP) is 3.04. The Balaban J connectivity index is 1.64. The van der Waals surface area contributed by atoms with Gasteiger partial charge in [-0.2, -0.15) is 4.98 Å². The van der Waals surface area contributed by atoms with Crippen molar-refractivity contribution in [2.24, 2.45) is 0 Å². The Hall–Kier alpha value is -2.68. The molecule has 0 spiro atoms. The molecular formula is C22H28F2N4O3. The zero-order valence-electron chi connectivity index (χ0n) is 17.7. The minimum atomic E-state index is -1.40. The molecule has 2 atom stereocenters. The molecule has 9 heteroatoms. The lowest BCUT2D eigenvalue weighted by atomic mass is 10.00. The number of nitrogens with one attached hydrogen (secondary N) is 1. The molecule has 3 heterocycles. The van der Waals surface area contributed by atoms with Crippen LogP contribution in [0, 0.1) is 5.82 Å². The first-order valence-electron chi connectivity index (χ1n) is 10.7. The quantitative estimate of drug-likeness (QED) is 0.780. The van der Waals surface area contributed by atoms with Crippen molar-refractivity contribution in [2.45, 2.75) is 44.5 Å². The smallest absolute Gasteiger partial charge is 0.254 e. The van der Waals surface area contributed by atoms with Gasteiger partial charge in [-0.05, 0) is 43.0 Å². The maximum atomic E-state index is 13.9. The van der Waals surface area contributed by atoms with Crippen LogP contribution in [0.1, 0.15) is 31.2 Å². The number of benzene rings is 1. The molecule has 2 saturated heterocycles. The molecule has 1 aromatic heterocycles. The molecule has 168 valence electrons. The summed E-state index contributed by atoms with van der Waals surface area (Å²) in [5.74, 6) is 1.24. The van der Waals surface area contributed by atoms with Crippen molar-refractivity contribution in [3.8, 4) is 5.75 Å². The Morgan fingerprint density at radius 3 is 2.94 bits per heavy atom. The second-order valence-corrected chi connectivity index (χ2v) is 8.01. The van der Waals surface area contributed by atoms with Gasteiger partial charge in [0.1, 0.15) is 17.4 Å². The van der Waals surface area contributed by atoms with Gasteiger partial charge in [0.05, 0.1) is 20.3 Å². The lowest BCUT2D eigenvalue weighted by molar-refractivity contribution is -0.0467. The van der Waals surface area contributed by atoms with Crippen molar-refractivity contribution >= 4 is 11.8 Å². The van der Waals surface area contributed by atoms with Crippen molar-refractivity contribution in [1.29, 1.82) is 0 Å². The van der Waals surface area contributed by atoms with Gasteiger partial charge < -0.3 is 19.3 Å². The lowest BCUT2D eigenvalue weighted by Gasteiger charge is -2.33. The van der Waals surface area contributed by atoms with Crippen LogP contribution in [0.5, 0.6) is 5.75 Å². The molecule has 0 aliphatic carbocycles. The highest BCUT2D eigenvalue weighted by molar-refractivity contribution is 5.45. The Labute approximate surface area is 180 Å². The average Bonchev–Trinajstić information content (AvgIpc) is 2.99. The molecule has 1 N–H and O–H groups in total. The Morgan fingerprint density at radius 2 is 2.13 bits per heavy atom. The van der Waals surface area contributed by atoms with Gasteiger partial charge in [0.15, 0.2) is 0 Å². The number of anilines is 2. The molecule has 4 rings (SSSR count). The van der Waals surface area contributed by atoms with Gasteiger partial charge >= 0.3 is 0 Å². The summed E-state index contributed by atoms with van der Waals surface area (Å²) in [6, 6.07) is 5.94. The lowest BCUT2D eigenvalue weighted by Crippen LogP contribution is -2.43. The molecule has 2 aliphatic heterocycles. The Bertz CT molecular complexity index is 955.